The molecule has 0 aromatic heterocycles. The molecule has 0 aromatic rings. The van der Waals surface area contributed by atoms with Gasteiger partial charge in [-0.25, -0.2) is 0 Å². The molecule has 0 spiro atoms. The molecule has 0 aliphatic rings. The molecule has 0 saturated carbocycles. The van der Waals surface area contributed by atoms with Gasteiger partial charge in [0.2, 0.25) is 0 Å². The van der Waals surface area contributed by atoms with Gasteiger partial charge in [0.15, 0.2) is 0 Å². The summed E-state index contributed by atoms with van der Waals surface area (Å²) in [5.74, 6) is -2.26. The van der Waals surface area contributed by atoms with E-state index in [1.807, 2.05) is 0 Å². The van der Waals surface area contributed by atoms with E-state index in [2.05, 4.69) is 5.32 Å². The third kappa shape index (κ3) is 4.92. The molecule has 0 rings (SSSR count). The summed E-state index contributed by atoms with van der Waals surface area (Å²) in [6.45, 7) is 0.774. The monoisotopic (exact) mass is 183 g/mol. The van der Waals surface area contributed by atoms with E-state index in [-0.39, 0.29) is 0 Å². The molecular weight excluding hydrogens is 173 g/mol. The Morgan fingerprint density at radius 2 is 2.09 bits per heavy atom. The molecule has 0 radical (unpaired) electrons. The van der Waals surface area contributed by atoms with Crippen LogP contribution in [-0.2, 0) is 9.36 Å². The van der Waals surface area contributed by atoms with Crippen molar-refractivity contribution in [2.24, 2.45) is 0 Å². The van der Waals surface area contributed by atoms with Gasteiger partial charge >= 0.3 is 13.6 Å². The Morgan fingerprint density at radius 3 is 2.36 bits per heavy atom. The van der Waals surface area contributed by atoms with Crippen molar-refractivity contribution in [1.82, 2.24) is 5.32 Å². The van der Waals surface area contributed by atoms with Crippen LogP contribution in [0, 0.1) is 0 Å². The van der Waals surface area contributed by atoms with Gasteiger partial charge in [-0.1, -0.05) is 0 Å². The first-order chi connectivity index (χ1) is 4.84. The number of hydrogen-bond acceptors (Lipinski definition) is 3. The van der Waals surface area contributed by atoms with E-state index >= 15 is 0 Å². The van der Waals surface area contributed by atoms with E-state index in [0.717, 1.165) is 0 Å². The summed E-state index contributed by atoms with van der Waals surface area (Å²) in [6.07, 6.45) is 0. The molecule has 0 aliphatic carbocycles. The third-order valence-corrected chi connectivity index (χ3v) is 2.24. The van der Waals surface area contributed by atoms with Gasteiger partial charge in [-0.15, -0.1) is 0 Å². The highest BCUT2D eigenvalue weighted by Gasteiger charge is 2.23. The summed E-state index contributed by atoms with van der Waals surface area (Å²) in [6, 6.07) is 0. The maximum Gasteiger partial charge on any atom is 0.342 e. The average molecular weight is 183 g/mol. The molecule has 0 aromatic carbocycles. The Hall–Kier alpha value is -0.420. The van der Waals surface area contributed by atoms with E-state index in [0.29, 0.717) is 0 Å². The number of nitrogens with one attached hydrogen (secondary N) is 1. The summed E-state index contributed by atoms with van der Waals surface area (Å²) in [5, 5.41) is 10.3. The predicted molar refractivity (Wildman–Crippen MR) is 37.1 cm³/mol. The average Bonchev–Trinajstić information content (AvgIpc) is 1.80. The summed E-state index contributed by atoms with van der Waals surface area (Å²) < 4.78 is 10.4. The van der Waals surface area contributed by atoms with Crippen LogP contribution in [-0.4, -0.2) is 33.2 Å². The van der Waals surface area contributed by atoms with E-state index in [1.165, 1.54) is 6.92 Å². The first-order valence-electron chi connectivity index (χ1n) is 2.84. The number of rotatable bonds is 4. The third-order valence-electron chi connectivity index (χ3n) is 1.05. The maximum absolute atomic E-state index is 10.4. The number of carboxylic acids is 1. The maximum atomic E-state index is 10.4. The molecular formula is C4H10NO5P. The lowest BCUT2D eigenvalue weighted by Gasteiger charge is -2.12. The second kappa shape index (κ2) is 3.82. The van der Waals surface area contributed by atoms with Crippen LogP contribution < -0.4 is 5.32 Å². The Bertz CT molecular complexity index is 187. The lowest BCUT2D eigenvalue weighted by Crippen LogP contribution is -2.31. The quantitative estimate of drug-likeness (QED) is 0.424. The van der Waals surface area contributed by atoms with E-state index in [9.17, 15) is 9.36 Å². The first kappa shape index (κ1) is 10.6. The van der Waals surface area contributed by atoms with Crippen LogP contribution in [0.4, 0.5) is 0 Å². The minimum Gasteiger partial charge on any atom is -0.480 e. The first-order valence-corrected chi connectivity index (χ1v) is 4.52. The lowest BCUT2D eigenvalue weighted by atomic mass is 10.6. The number of carbonyl (C=O) groups is 1. The minimum absolute atomic E-state index is 0.452. The van der Waals surface area contributed by atoms with Crippen LogP contribution in [0.1, 0.15) is 6.92 Å². The topological polar surface area (TPSA) is 107 Å². The van der Waals surface area contributed by atoms with Crippen molar-refractivity contribution in [1.29, 1.82) is 0 Å². The smallest absolute Gasteiger partial charge is 0.342 e. The van der Waals surface area contributed by atoms with Crippen molar-refractivity contribution in [3.05, 3.63) is 0 Å². The molecule has 6 nitrogen and oxygen atoms in total. The number of carboxylic acid groups (broad SMARTS) is 1. The van der Waals surface area contributed by atoms with Crippen molar-refractivity contribution >= 4 is 13.6 Å². The highest BCUT2D eigenvalue weighted by molar-refractivity contribution is 7.52. The van der Waals surface area contributed by atoms with Gasteiger partial charge in [0.1, 0.15) is 5.78 Å². The highest BCUT2D eigenvalue weighted by Crippen LogP contribution is 2.38. The molecule has 11 heavy (non-hydrogen) atoms. The van der Waals surface area contributed by atoms with Crippen LogP contribution in [0.15, 0.2) is 0 Å². The normalized spacial score (nSPS) is 14.5. The summed E-state index contributed by atoms with van der Waals surface area (Å²) in [7, 11) is -4.19. The zero-order chi connectivity index (χ0) is 9.07. The molecule has 7 heteroatoms. The summed E-state index contributed by atoms with van der Waals surface area (Å²) in [4.78, 5) is 26.8. The molecule has 0 heterocycles. The second-order valence-electron chi connectivity index (χ2n) is 2.04. The van der Waals surface area contributed by atoms with E-state index in [4.69, 9.17) is 14.9 Å². The molecule has 0 bridgehead atoms. The zero-order valence-electron chi connectivity index (χ0n) is 5.89. The van der Waals surface area contributed by atoms with Crippen LogP contribution in [0.2, 0.25) is 0 Å². The van der Waals surface area contributed by atoms with Gasteiger partial charge in [-0.2, -0.15) is 0 Å². The molecule has 1 atom stereocenters. The molecule has 0 amide bonds. The molecule has 66 valence electrons. The Balaban J connectivity index is 3.80. The lowest BCUT2D eigenvalue weighted by molar-refractivity contribution is -0.136. The van der Waals surface area contributed by atoms with Crippen molar-refractivity contribution in [3.8, 4) is 0 Å². The fourth-order valence-electron chi connectivity index (χ4n) is 0.354. The predicted octanol–water partition coefficient (Wildman–Crippen LogP) is -0.816. The second-order valence-corrected chi connectivity index (χ2v) is 3.99. The van der Waals surface area contributed by atoms with Gasteiger partial charge < -0.3 is 14.9 Å². The van der Waals surface area contributed by atoms with Gasteiger partial charge in [0.05, 0.1) is 6.54 Å². The largest absolute Gasteiger partial charge is 0.480 e. The fourth-order valence-corrected chi connectivity index (χ4v) is 0.683. The fraction of sp³-hybridized carbons (Fsp3) is 0.750. The van der Waals surface area contributed by atoms with Gasteiger partial charge in [-0.3, -0.25) is 14.7 Å². The van der Waals surface area contributed by atoms with Gasteiger partial charge in [0, 0.05) is 0 Å². The van der Waals surface area contributed by atoms with Crippen molar-refractivity contribution < 1.29 is 24.3 Å². The molecule has 0 fully saturated rings. The van der Waals surface area contributed by atoms with Gasteiger partial charge in [0.25, 0.3) is 0 Å². The molecule has 1 unspecified atom stereocenters. The summed E-state index contributed by atoms with van der Waals surface area (Å²) >= 11 is 0. The zero-order valence-corrected chi connectivity index (χ0v) is 6.78. The standard InChI is InChI=1S/C4H10NO5P/c1-3(11(8,9)10)5-2-4(6)7/h3,5H,2H2,1H3,(H,6,7)(H2,8,9,10). The Kier molecular flexibility index (Phi) is 3.68. The molecule has 0 aliphatic heterocycles. The van der Waals surface area contributed by atoms with E-state index < -0.39 is 25.9 Å². The van der Waals surface area contributed by atoms with Crippen LogP contribution >= 0.6 is 7.60 Å². The van der Waals surface area contributed by atoms with Crippen molar-refractivity contribution in [2.75, 3.05) is 6.54 Å². The van der Waals surface area contributed by atoms with Crippen molar-refractivity contribution in [3.63, 3.8) is 0 Å². The number of aliphatic carboxylic acids is 1. The highest BCUT2D eigenvalue weighted by atomic mass is 31.2. The van der Waals surface area contributed by atoms with E-state index in [1.54, 1.807) is 0 Å². The van der Waals surface area contributed by atoms with Crippen LogP contribution in [0.3, 0.4) is 0 Å². The Labute approximate surface area is 63.4 Å². The number of hydrogen-bond donors (Lipinski definition) is 4. The van der Waals surface area contributed by atoms with Crippen LogP contribution in [0.5, 0.6) is 0 Å². The minimum atomic E-state index is -4.19. The summed E-state index contributed by atoms with van der Waals surface area (Å²) in [5.41, 5.74) is 0. The van der Waals surface area contributed by atoms with Gasteiger partial charge in [-0.05, 0) is 6.92 Å². The molecule has 0 saturated heterocycles. The van der Waals surface area contributed by atoms with Crippen LogP contribution in [0.25, 0.3) is 0 Å². The SMILES string of the molecule is CC(NCC(=O)O)P(=O)(O)O. The Morgan fingerprint density at radius 1 is 1.64 bits per heavy atom. The van der Waals surface area contributed by atoms with Crippen molar-refractivity contribution in [2.45, 2.75) is 12.7 Å². The molecule has 4 N–H and O–H groups in total.